The van der Waals surface area contributed by atoms with E-state index in [4.69, 9.17) is 5.11 Å². The molecule has 0 aliphatic heterocycles. The van der Waals surface area contributed by atoms with Crippen LogP contribution in [0.25, 0.3) is 10.9 Å². The molecule has 78 valence electrons. The zero-order valence-corrected chi connectivity index (χ0v) is 8.64. The summed E-state index contributed by atoms with van der Waals surface area (Å²) in [6, 6.07) is 7.57. The third kappa shape index (κ3) is 1.48. The van der Waals surface area contributed by atoms with Crippen molar-refractivity contribution in [1.29, 1.82) is 0 Å². The first-order valence-electron chi connectivity index (χ1n) is 4.75. The van der Waals surface area contributed by atoms with Gasteiger partial charge in [0.15, 0.2) is 0 Å². The van der Waals surface area contributed by atoms with Gasteiger partial charge < -0.3 is 5.11 Å². The summed E-state index contributed by atoms with van der Waals surface area (Å²) in [6.07, 6.45) is 0. The van der Waals surface area contributed by atoms with E-state index in [1.165, 1.54) is 0 Å². The molecule has 0 aliphatic rings. The minimum absolute atomic E-state index is 0.539. The van der Waals surface area contributed by atoms with Crippen molar-refractivity contribution in [2.24, 2.45) is 7.05 Å². The molecule has 4 heteroatoms. The van der Waals surface area contributed by atoms with E-state index >= 15 is 0 Å². The summed E-state index contributed by atoms with van der Waals surface area (Å²) in [4.78, 5) is 11.0. The van der Waals surface area contributed by atoms with Crippen molar-refractivity contribution in [2.75, 3.05) is 0 Å². The maximum absolute atomic E-state index is 11.0. The van der Waals surface area contributed by atoms with Crippen LogP contribution in [0.4, 0.5) is 0 Å². The lowest BCUT2D eigenvalue weighted by Gasteiger charge is -2.06. The number of carbonyl (C=O) groups is 1. The number of rotatable bonds is 2. The Morgan fingerprint density at radius 1 is 1.47 bits per heavy atom. The third-order valence-corrected chi connectivity index (χ3v) is 2.57. The maximum Gasteiger partial charge on any atom is 0.312 e. The summed E-state index contributed by atoms with van der Waals surface area (Å²) in [5.41, 5.74) is 1.58. The minimum atomic E-state index is -0.830. The van der Waals surface area contributed by atoms with Gasteiger partial charge in [-0.15, -0.1) is 0 Å². The molecule has 0 saturated carbocycles. The van der Waals surface area contributed by atoms with Crippen LogP contribution >= 0.6 is 0 Å². The number of carboxylic acid groups (broad SMARTS) is 1. The van der Waals surface area contributed by atoms with Crippen molar-refractivity contribution in [3.63, 3.8) is 0 Å². The van der Waals surface area contributed by atoms with Crippen LogP contribution in [0.3, 0.4) is 0 Å². The molecule has 1 aromatic carbocycles. The average Bonchev–Trinajstić information content (AvgIpc) is 2.52. The Morgan fingerprint density at radius 2 is 2.13 bits per heavy atom. The van der Waals surface area contributed by atoms with Gasteiger partial charge in [-0.1, -0.05) is 18.2 Å². The first-order valence-corrected chi connectivity index (χ1v) is 4.75. The summed E-state index contributed by atoms with van der Waals surface area (Å²) in [5, 5.41) is 14.2. The Morgan fingerprint density at radius 3 is 2.80 bits per heavy atom. The van der Waals surface area contributed by atoms with E-state index in [1.807, 2.05) is 24.3 Å². The number of hydrogen-bond acceptors (Lipinski definition) is 2. The zero-order valence-electron chi connectivity index (χ0n) is 8.64. The van der Waals surface area contributed by atoms with Gasteiger partial charge in [-0.3, -0.25) is 9.48 Å². The second kappa shape index (κ2) is 3.38. The van der Waals surface area contributed by atoms with Crippen molar-refractivity contribution >= 4 is 16.9 Å². The molecule has 0 bridgehead atoms. The quantitative estimate of drug-likeness (QED) is 0.810. The summed E-state index contributed by atoms with van der Waals surface area (Å²) in [7, 11) is 1.77. The number of carboxylic acids is 1. The van der Waals surface area contributed by atoms with Gasteiger partial charge in [0.2, 0.25) is 0 Å². The van der Waals surface area contributed by atoms with Crippen molar-refractivity contribution in [2.45, 2.75) is 12.8 Å². The molecule has 1 atom stereocenters. The Labute approximate surface area is 87.1 Å². The van der Waals surface area contributed by atoms with Crippen LogP contribution in [-0.4, -0.2) is 20.9 Å². The van der Waals surface area contributed by atoms with Gasteiger partial charge in [-0.2, -0.15) is 5.10 Å². The van der Waals surface area contributed by atoms with Crippen molar-refractivity contribution in [3.05, 3.63) is 30.0 Å². The molecule has 4 nitrogen and oxygen atoms in total. The Balaban J connectivity index is 2.68. The molecule has 0 aliphatic carbocycles. The molecule has 0 spiro atoms. The SMILES string of the molecule is CC(C(=O)O)c1c2ccccc2nn1C. The highest BCUT2D eigenvalue weighted by Gasteiger charge is 2.20. The fraction of sp³-hybridized carbons (Fsp3) is 0.273. The van der Waals surface area contributed by atoms with Crippen LogP contribution in [0, 0.1) is 0 Å². The fourth-order valence-electron chi connectivity index (χ4n) is 1.80. The molecular weight excluding hydrogens is 192 g/mol. The second-order valence-corrected chi connectivity index (χ2v) is 3.59. The van der Waals surface area contributed by atoms with Gasteiger partial charge in [0.05, 0.1) is 17.1 Å². The monoisotopic (exact) mass is 204 g/mol. The van der Waals surface area contributed by atoms with Crippen molar-refractivity contribution in [3.8, 4) is 0 Å². The van der Waals surface area contributed by atoms with E-state index in [2.05, 4.69) is 5.10 Å². The maximum atomic E-state index is 11.0. The molecule has 1 unspecified atom stereocenters. The third-order valence-electron chi connectivity index (χ3n) is 2.57. The average molecular weight is 204 g/mol. The van der Waals surface area contributed by atoms with Gasteiger partial charge in [-0.25, -0.2) is 0 Å². The summed E-state index contributed by atoms with van der Waals surface area (Å²) in [5.74, 6) is -1.37. The predicted octanol–water partition coefficient (Wildman–Crippen LogP) is 1.76. The van der Waals surface area contributed by atoms with Gasteiger partial charge in [0.25, 0.3) is 0 Å². The minimum Gasteiger partial charge on any atom is -0.481 e. The predicted molar refractivity (Wildman–Crippen MR) is 56.8 cm³/mol. The number of benzene rings is 1. The Bertz CT molecular complexity index is 516. The van der Waals surface area contributed by atoms with Crippen molar-refractivity contribution in [1.82, 2.24) is 9.78 Å². The molecule has 0 radical (unpaired) electrons. The lowest BCUT2D eigenvalue weighted by atomic mass is 10.0. The van der Waals surface area contributed by atoms with E-state index < -0.39 is 11.9 Å². The number of aryl methyl sites for hydroxylation is 1. The number of fused-ring (bicyclic) bond motifs is 1. The van der Waals surface area contributed by atoms with Crippen molar-refractivity contribution < 1.29 is 9.90 Å². The molecule has 15 heavy (non-hydrogen) atoms. The molecule has 2 aromatic rings. The first-order chi connectivity index (χ1) is 7.11. The molecule has 1 heterocycles. The van der Waals surface area contributed by atoms with Gasteiger partial charge in [0.1, 0.15) is 0 Å². The fourth-order valence-corrected chi connectivity index (χ4v) is 1.80. The number of hydrogen-bond donors (Lipinski definition) is 1. The lowest BCUT2D eigenvalue weighted by molar-refractivity contribution is -0.138. The molecule has 0 amide bonds. The smallest absolute Gasteiger partial charge is 0.312 e. The number of nitrogens with zero attached hydrogens (tertiary/aromatic N) is 2. The summed E-state index contributed by atoms with van der Waals surface area (Å²) < 4.78 is 1.64. The molecule has 1 N–H and O–H groups in total. The molecular formula is C11H12N2O2. The van der Waals surface area contributed by atoms with Crippen LogP contribution in [0.2, 0.25) is 0 Å². The van der Waals surface area contributed by atoms with Gasteiger partial charge >= 0.3 is 5.97 Å². The molecule has 0 saturated heterocycles. The zero-order chi connectivity index (χ0) is 11.0. The Kier molecular flexibility index (Phi) is 2.19. The molecule has 2 rings (SSSR count). The topological polar surface area (TPSA) is 55.1 Å². The standard InChI is InChI=1S/C11H12N2O2/c1-7(11(14)15)10-8-5-3-4-6-9(8)12-13(10)2/h3-7H,1-2H3,(H,14,15). The van der Waals surface area contributed by atoms with Crippen LogP contribution in [0.1, 0.15) is 18.5 Å². The van der Waals surface area contributed by atoms with E-state index in [1.54, 1.807) is 18.7 Å². The second-order valence-electron chi connectivity index (χ2n) is 3.59. The van der Waals surface area contributed by atoms with E-state index in [9.17, 15) is 4.79 Å². The first kappa shape index (κ1) is 9.71. The highest BCUT2D eigenvalue weighted by Crippen LogP contribution is 2.24. The van der Waals surface area contributed by atoms with E-state index in [-0.39, 0.29) is 0 Å². The number of aliphatic carboxylic acids is 1. The van der Waals surface area contributed by atoms with Gasteiger partial charge in [0, 0.05) is 12.4 Å². The van der Waals surface area contributed by atoms with E-state index in [0.717, 1.165) is 16.6 Å². The largest absolute Gasteiger partial charge is 0.481 e. The lowest BCUT2D eigenvalue weighted by Crippen LogP contribution is -2.12. The number of aromatic nitrogens is 2. The van der Waals surface area contributed by atoms with Crippen LogP contribution in [0.5, 0.6) is 0 Å². The highest BCUT2D eigenvalue weighted by molar-refractivity contribution is 5.87. The molecule has 0 fully saturated rings. The summed E-state index contributed by atoms with van der Waals surface area (Å²) in [6.45, 7) is 1.67. The highest BCUT2D eigenvalue weighted by atomic mass is 16.4. The van der Waals surface area contributed by atoms with Crippen LogP contribution in [0.15, 0.2) is 24.3 Å². The Hall–Kier alpha value is -1.84. The van der Waals surface area contributed by atoms with Gasteiger partial charge in [-0.05, 0) is 13.0 Å². The molecule has 1 aromatic heterocycles. The van der Waals surface area contributed by atoms with Crippen LogP contribution in [-0.2, 0) is 11.8 Å². The normalized spacial score (nSPS) is 12.9. The van der Waals surface area contributed by atoms with Crippen LogP contribution < -0.4 is 0 Å². The summed E-state index contributed by atoms with van der Waals surface area (Å²) >= 11 is 0. The van der Waals surface area contributed by atoms with E-state index in [0.29, 0.717) is 0 Å².